The van der Waals surface area contributed by atoms with Gasteiger partial charge < -0.3 is 9.96 Å². The summed E-state index contributed by atoms with van der Waals surface area (Å²) in [4.78, 5) is 10.6. The zero-order valence-corrected chi connectivity index (χ0v) is 6.20. The number of para-hydroxylation sites is 1. The molecule has 0 atom stereocenters. The Balaban J connectivity index is 2.58. The summed E-state index contributed by atoms with van der Waals surface area (Å²) < 4.78 is 4.81. The standard InChI is InChI=1S/C7H8BNO2/c8-9-7(10)11-6-4-2-1-3-5-6/h1-5H,8H2,(H,9,10). The number of ether oxygens (including phenoxy) is 1. The number of benzene rings is 1. The van der Waals surface area contributed by atoms with Crippen LogP contribution in [0.3, 0.4) is 0 Å². The second-order valence-electron chi connectivity index (χ2n) is 1.95. The maximum atomic E-state index is 10.6. The number of hydrogen-bond donors (Lipinski definition) is 1. The van der Waals surface area contributed by atoms with Crippen LogP contribution in [-0.4, -0.2) is 14.1 Å². The molecule has 11 heavy (non-hydrogen) atoms. The fraction of sp³-hybridized carbons (Fsp3) is 0. The zero-order chi connectivity index (χ0) is 8.10. The quantitative estimate of drug-likeness (QED) is 0.584. The minimum absolute atomic E-state index is 0.448. The zero-order valence-electron chi connectivity index (χ0n) is 6.20. The van der Waals surface area contributed by atoms with Gasteiger partial charge in [0, 0.05) is 0 Å². The molecule has 0 heterocycles. The van der Waals surface area contributed by atoms with Crippen LogP contribution in [0.2, 0.25) is 0 Å². The maximum Gasteiger partial charge on any atom is 0.399 e. The Labute approximate surface area is 65.8 Å². The smallest absolute Gasteiger partial charge is 0.399 e. The molecule has 0 saturated carbocycles. The van der Waals surface area contributed by atoms with E-state index in [1.165, 1.54) is 7.98 Å². The van der Waals surface area contributed by atoms with Crippen molar-refractivity contribution in [2.75, 3.05) is 0 Å². The second-order valence-corrected chi connectivity index (χ2v) is 1.95. The van der Waals surface area contributed by atoms with Gasteiger partial charge in [-0.15, -0.1) is 0 Å². The summed E-state index contributed by atoms with van der Waals surface area (Å²) in [6, 6.07) is 8.90. The molecule has 0 aliphatic carbocycles. The Morgan fingerprint density at radius 3 is 2.55 bits per heavy atom. The van der Waals surface area contributed by atoms with E-state index in [4.69, 9.17) is 4.74 Å². The first kappa shape index (κ1) is 7.66. The average molecular weight is 149 g/mol. The van der Waals surface area contributed by atoms with Crippen molar-refractivity contribution in [1.29, 1.82) is 0 Å². The number of amides is 1. The largest absolute Gasteiger partial charge is 0.411 e. The third-order valence-electron chi connectivity index (χ3n) is 1.16. The monoisotopic (exact) mass is 149 g/mol. The van der Waals surface area contributed by atoms with Crippen LogP contribution in [0, 0.1) is 0 Å². The minimum atomic E-state index is -0.448. The molecule has 0 spiro atoms. The van der Waals surface area contributed by atoms with Crippen molar-refractivity contribution < 1.29 is 9.53 Å². The lowest BCUT2D eigenvalue weighted by Crippen LogP contribution is -2.23. The van der Waals surface area contributed by atoms with Gasteiger partial charge in [-0.1, -0.05) is 18.2 Å². The summed E-state index contributed by atoms with van der Waals surface area (Å²) in [7, 11) is 1.52. The van der Waals surface area contributed by atoms with Gasteiger partial charge in [0.25, 0.3) is 0 Å². The van der Waals surface area contributed by atoms with E-state index in [9.17, 15) is 4.79 Å². The molecule has 1 aromatic rings. The van der Waals surface area contributed by atoms with Gasteiger partial charge in [0.15, 0.2) is 0 Å². The average Bonchev–Trinajstić information content (AvgIpc) is 2.06. The van der Waals surface area contributed by atoms with Crippen molar-refractivity contribution in [3.63, 3.8) is 0 Å². The second kappa shape index (κ2) is 3.66. The van der Waals surface area contributed by atoms with Crippen LogP contribution in [0.25, 0.3) is 0 Å². The SMILES string of the molecule is BNC(=O)Oc1ccccc1. The van der Waals surface area contributed by atoms with Gasteiger partial charge in [0.1, 0.15) is 5.75 Å². The molecule has 56 valence electrons. The number of carbonyl (C=O) groups excluding carboxylic acids is 1. The maximum absolute atomic E-state index is 10.6. The molecule has 0 fully saturated rings. The Hall–Kier alpha value is -1.45. The van der Waals surface area contributed by atoms with E-state index in [-0.39, 0.29) is 0 Å². The van der Waals surface area contributed by atoms with Gasteiger partial charge in [-0.25, -0.2) is 4.79 Å². The molecule has 1 amide bonds. The Kier molecular flexibility index (Phi) is 2.55. The normalized spacial score (nSPS) is 8.73. The predicted octanol–water partition coefficient (Wildman–Crippen LogP) is 0.323. The molecule has 0 unspecified atom stereocenters. The van der Waals surface area contributed by atoms with E-state index in [2.05, 4.69) is 5.23 Å². The molecule has 1 rings (SSSR count). The molecule has 0 radical (unpaired) electrons. The number of hydrogen-bond acceptors (Lipinski definition) is 2. The van der Waals surface area contributed by atoms with Gasteiger partial charge in [-0.2, -0.15) is 0 Å². The van der Waals surface area contributed by atoms with E-state index in [0.717, 1.165) is 0 Å². The minimum Gasteiger partial charge on any atom is -0.411 e. The van der Waals surface area contributed by atoms with Gasteiger partial charge in [-0.3, -0.25) is 0 Å². The van der Waals surface area contributed by atoms with Crippen LogP contribution in [-0.2, 0) is 0 Å². The number of rotatable bonds is 1. The van der Waals surface area contributed by atoms with E-state index < -0.39 is 6.09 Å². The van der Waals surface area contributed by atoms with Crippen molar-refractivity contribution in [3.8, 4) is 5.75 Å². The van der Waals surface area contributed by atoms with Crippen LogP contribution in [0.15, 0.2) is 30.3 Å². The summed E-state index contributed by atoms with van der Waals surface area (Å²) in [5, 5.41) is 2.35. The van der Waals surface area contributed by atoms with Crippen LogP contribution >= 0.6 is 0 Å². The van der Waals surface area contributed by atoms with Crippen molar-refractivity contribution in [3.05, 3.63) is 30.3 Å². The highest BCUT2D eigenvalue weighted by Gasteiger charge is 1.97. The molecule has 1 N–H and O–H groups in total. The fourth-order valence-electron chi connectivity index (χ4n) is 0.647. The van der Waals surface area contributed by atoms with E-state index in [1.54, 1.807) is 24.3 Å². The van der Waals surface area contributed by atoms with Gasteiger partial charge in [0.2, 0.25) is 7.98 Å². The van der Waals surface area contributed by atoms with Crippen molar-refractivity contribution in [1.82, 2.24) is 5.23 Å². The van der Waals surface area contributed by atoms with Crippen molar-refractivity contribution in [2.45, 2.75) is 0 Å². The highest BCUT2D eigenvalue weighted by atomic mass is 16.5. The first-order chi connectivity index (χ1) is 5.33. The lowest BCUT2D eigenvalue weighted by Gasteiger charge is -2.01. The summed E-state index contributed by atoms with van der Waals surface area (Å²) >= 11 is 0. The van der Waals surface area contributed by atoms with E-state index in [1.807, 2.05) is 6.07 Å². The van der Waals surface area contributed by atoms with Gasteiger partial charge >= 0.3 is 6.09 Å². The Morgan fingerprint density at radius 2 is 2.00 bits per heavy atom. The molecule has 0 bridgehead atoms. The van der Waals surface area contributed by atoms with Crippen LogP contribution < -0.4 is 9.96 Å². The highest BCUT2D eigenvalue weighted by molar-refractivity contribution is 6.13. The summed E-state index contributed by atoms with van der Waals surface area (Å²) in [6.45, 7) is 0. The molecule has 3 nitrogen and oxygen atoms in total. The topological polar surface area (TPSA) is 38.3 Å². The Bertz CT molecular complexity index is 237. The molecule has 0 aliphatic rings. The first-order valence-corrected chi connectivity index (χ1v) is 3.27. The van der Waals surface area contributed by atoms with E-state index in [0.29, 0.717) is 5.75 Å². The summed E-state index contributed by atoms with van der Waals surface area (Å²) in [6.07, 6.45) is -0.448. The van der Waals surface area contributed by atoms with Crippen LogP contribution in [0.4, 0.5) is 4.79 Å². The van der Waals surface area contributed by atoms with Crippen molar-refractivity contribution >= 4 is 14.1 Å². The molecule has 0 aliphatic heterocycles. The molecular formula is C7H8BNO2. The predicted molar refractivity (Wildman–Crippen MR) is 44.1 cm³/mol. The molecule has 0 aromatic heterocycles. The number of carbonyl (C=O) groups is 1. The molecule has 4 heteroatoms. The van der Waals surface area contributed by atoms with E-state index >= 15 is 0 Å². The summed E-state index contributed by atoms with van der Waals surface area (Å²) in [5.41, 5.74) is 0. The highest BCUT2D eigenvalue weighted by Crippen LogP contribution is 2.07. The molecular weight excluding hydrogens is 141 g/mol. The van der Waals surface area contributed by atoms with Crippen molar-refractivity contribution in [2.24, 2.45) is 0 Å². The third-order valence-corrected chi connectivity index (χ3v) is 1.16. The van der Waals surface area contributed by atoms with Crippen LogP contribution in [0.5, 0.6) is 5.75 Å². The molecule has 1 aromatic carbocycles. The van der Waals surface area contributed by atoms with Gasteiger partial charge in [0.05, 0.1) is 0 Å². The van der Waals surface area contributed by atoms with Crippen LogP contribution in [0.1, 0.15) is 0 Å². The third kappa shape index (κ3) is 2.33. The lowest BCUT2D eigenvalue weighted by molar-refractivity contribution is 0.207. The number of nitrogens with one attached hydrogen (secondary N) is 1. The first-order valence-electron chi connectivity index (χ1n) is 3.27. The summed E-state index contributed by atoms with van der Waals surface area (Å²) in [5.74, 6) is 0.548. The Morgan fingerprint density at radius 1 is 1.36 bits per heavy atom. The fourth-order valence-corrected chi connectivity index (χ4v) is 0.647. The molecule has 0 saturated heterocycles. The lowest BCUT2D eigenvalue weighted by atomic mass is 10.3. The van der Waals surface area contributed by atoms with Gasteiger partial charge in [-0.05, 0) is 12.1 Å².